The Labute approximate surface area is 134 Å². The lowest BCUT2D eigenvalue weighted by atomic mass is 10.3. The standard InChI is InChI=1S/C15H26O5SSi/c1-5-19-22(4,20-6-2)13-7-12-21(16,17)15-10-8-14(18-3)9-11-15/h8-11H,5-7,12-13H2,1-4H3. The summed E-state index contributed by atoms with van der Waals surface area (Å²) in [5.74, 6) is 0.744. The summed E-state index contributed by atoms with van der Waals surface area (Å²) in [6.45, 7) is 7.03. The van der Waals surface area contributed by atoms with Crippen LogP contribution in [0.1, 0.15) is 20.3 Å². The van der Waals surface area contributed by atoms with Gasteiger partial charge in [0.05, 0.1) is 17.8 Å². The van der Waals surface area contributed by atoms with Crippen molar-refractivity contribution in [1.29, 1.82) is 0 Å². The van der Waals surface area contributed by atoms with Gasteiger partial charge in [-0.15, -0.1) is 0 Å². The molecule has 0 aliphatic heterocycles. The van der Waals surface area contributed by atoms with E-state index in [0.29, 0.717) is 36.3 Å². The van der Waals surface area contributed by atoms with Crippen LogP contribution in [0.2, 0.25) is 12.6 Å². The third-order valence-electron chi connectivity index (χ3n) is 3.36. The second kappa shape index (κ2) is 8.66. The predicted octanol–water partition coefficient (Wildman–Crippen LogP) is 3.00. The second-order valence-electron chi connectivity index (χ2n) is 5.10. The number of rotatable bonds is 10. The van der Waals surface area contributed by atoms with Crippen LogP contribution in [0.15, 0.2) is 29.2 Å². The van der Waals surface area contributed by atoms with Gasteiger partial charge >= 0.3 is 8.56 Å². The van der Waals surface area contributed by atoms with Crippen LogP contribution in [0, 0.1) is 0 Å². The first-order valence-electron chi connectivity index (χ1n) is 7.51. The van der Waals surface area contributed by atoms with Crippen molar-refractivity contribution in [3.05, 3.63) is 24.3 Å². The molecule has 0 saturated carbocycles. The number of ether oxygens (including phenoxy) is 1. The maximum atomic E-state index is 12.3. The smallest absolute Gasteiger partial charge is 0.334 e. The van der Waals surface area contributed by atoms with Crippen LogP contribution in [-0.2, 0) is 18.7 Å². The van der Waals surface area contributed by atoms with E-state index in [9.17, 15) is 8.42 Å². The summed E-state index contributed by atoms with van der Waals surface area (Å²) in [4.78, 5) is 0.324. The minimum Gasteiger partial charge on any atom is -0.497 e. The zero-order chi connectivity index (χ0) is 16.6. The van der Waals surface area contributed by atoms with E-state index < -0.39 is 18.4 Å². The monoisotopic (exact) mass is 346 g/mol. The Bertz CT molecular complexity index is 536. The Morgan fingerprint density at radius 2 is 1.59 bits per heavy atom. The van der Waals surface area contributed by atoms with Crippen LogP contribution in [0.5, 0.6) is 5.75 Å². The molecule has 5 nitrogen and oxygen atoms in total. The molecular weight excluding hydrogens is 320 g/mol. The summed E-state index contributed by atoms with van der Waals surface area (Å²) in [5, 5.41) is 0. The lowest BCUT2D eigenvalue weighted by Gasteiger charge is -2.25. The summed E-state index contributed by atoms with van der Waals surface area (Å²) < 4.78 is 41.1. The van der Waals surface area contributed by atoms with Gasteiger partial charge in [0.2, 0.25) is 0 Å². The Hall–Kier alpha value is -0.893. The average Bonchev–Trinajstić information content (AvgIpc) is 2.47. The van der Waals surface area contributed by atoms with Crippen molar-refractivity contribution >= 4 is 18.4 Å². The minimum atomic E-state index is -3.28. The number of hydrogen-bond acceptors (Lipinski definition) is 5. The first-order valence-corrected chi connectivity index (χ1v) is 11.7. The molecule has 1 aromatic rings. The molecule has 0 unspecified atom stereocenters. The molecule has 0 N–H and O–H groups in total. The molecule has 0 spiro atoms. The molecule has 126 valence electrons. The predicted molar refractivity (Wildman–Crippen MR) is 89.3 cm³/mol. The average molecular weight is 347 g/mol. The first kappa shape index (κ1) is 19.2. The summed E-state index contributed by atoms with van der Waals surface area (Å²) in [6, 6.07) is 7.15. The summed E-state index contributed by atoms with van der Waals surface area (Å²) in [7, 11) is -3.98. The van der Waals surface area contributed by atoms with E-state index in [0.717, 1.165) is 0 Å². The molecule has 7 heteroatoms. The number of benzene rings is 1. The summed E-state index contributed by atoms with van der Waals surface area (Å²) >= 11 is 0. The summed E-state index contributed by atoms with van der Waals surface area (Å²) in [6.07, 6.45) is 0.539. The highest BCUT2D eigenvalue weighted by atomic mass is 32.2. The van der Waals surface area contributed by atoms with Crippen molar-refractivity contribution < 1.29 is 22.0 Å². The molecule has 1 rings (SSSR count). The van der Waals surface area contributed by atoms with Gasteiger partial charge in [-0.05, 0) is 57.1 Å². The molecule has 0 radical (unpaired) electrons. The Balaban J connectivity index is 2.64. The topological polar surface area (TPSA) is 61.8 Å². The molecule has 22 heavy (non-hydrogen) atoms. The van der Waals surface area contributed by atoms with Gasteiger partial charge in [-0.1, -0.05) is 0 Å². The lowest BCUT2D eigenvalue weighted by molar-refractivity contribution is 0.189. The lowest BCUT2D eigenvalue weighted by Crippen LogP contribution is -2.39. The fourth-order valence-corrected chi connectivity index (χ4v) is 6.26. The van der Waals surface area contributed by atoms with E-state index >= 15 is 0 Å². The van der Waals surface area contributed by atoms with Gasteiger partial charge < -0.3 is 13.6 Å². The third kappa shape index (κ3) is 5.72. The highest BCUT2D eigenvalue weighted by molar-refractivity contribution is 7.91. The largest absolute Gasteiger partial charge is 0.497 e. The van der Waals surface area contributed by atoms with E-state index in [-0.39, 0.29) is 5.75 Å². The van der Waals surface area contributed by atoms with Crippen molar-refractivity contribution in [2.24, 2.45) is 0 Å². The van der Waals surface area contributed by atoms with Crippen molar-refractivity contribution in [3.63, 3.8) is 0 Å². The Morgan fingerprint density at radius 1 is 1.05 bits per heavy atom. The first-order chi connectivity index (χ1) is 10.4. The molecule has 1 aromatic carbocycles. The Morgan fingerprint density at radius 3 is 2.05 bits per heavy atom. The van der Waals surface area contributed by atoms with Crippen molar-refractivity contribution in [2.45, 2.75) is 37.8 Å². The zero-order valence-corrected chi connectivity index (χ0v) is 15.6. The van der Waals surface area contributed by atoms with Crippen molar-refractivity contribution in [1.82, 2.24) is 0 Å². The van der Waals surface area contributed by atoms with Crippen LogP contribution in [0.4, 0.5) is 0 Å². The molecule has 0 atom stereocenters. The van der Waals surface area contributed by atoms with E-state index in [1.165, 1.54) is 0 Å². The molecule has 0 bridgehead atoms. The maximum absolute atomic E-state index is 12.3. The van der Waals surface area contributed by atoms with Crippen LogP contribution >= 0.6 is 0 Å². The van der Waals surface area contributed by atoms with Crippen LogP contribution < -0.4 is 4.74 Å². The van der Waals surface area contributed by atoms with Crippen molar-refractivity contribution in [3.8, 4) is 5.75 Å². The fourth-order valence-electron chi connectivity index (χ4n) is 2.28. The van der Waals surface area contributed by atoms with Gasteiger partial charge in [-0.3, -0.25) is 0 Å². The molecule has 0 fully saturated rings. The molecular formula is C15H26O5SSi. The Kier molecular flexibility index (Phi) is 7.54. The summed E-state index contributed by atoms with van der Waals surface area (Å²) in [5.41, 5.74) is 0. The number of sulfone groups is 1. The zero-order valence-electron chi connectivity index (χ0n) is 13.8. The van der Waals surface area contributed by atoms with Crippen LogP contribution in [0.3, 0.4) is 0 Å². The van der Waals surface area contributed by atoms with E-state index in [1.54, 1.807) is 31.4 Å². The molecule has 0 heterocycles. The SMILES string of the molecule is CCO[Si](C)(CCCS(=O)(=O)c1ccc(OC)cc1)OCC. The van der Waals surface area contributed by atoms with Gasteiger partial charge in [-0.25, -0.2) is 8.42 Å². The van der Waals surface area contributed by atoms with Crippen LogP contribution in [-0.4, -0.2) is 43.1 Å². The normalized spacial score (nSPS) is 12.4. The van der Waals surface area contributed by atoms with E-state index in [1.807, 2.05) is 20.4 Å². The van der Waals surface area contributed by atoms with Gasteiger partial charge in [0.25, 0.3) is 0 Å². The van der Waals surface area contributed by atoms with Gasteiger partial charge in [0.15, 0.2) is 9.84 Å². The minimum absolute atomic E-state index is 0.0993. The quantitative estimate of drug-likeness (QED) is 0.610. The molecule has 0 amide bonds. The second-order valence-corrected chi connectivity index (χ2v) is 10.6. The fraction of sp³-hybridized carbons (Fsp3) is 0.600. The van der Waals surface area contributed by atoms with Crippen molar-refractivity contribution in [2.75, 3.05) is 26.1 Å². The number of methoxy groups -OCH3 is 1. The number of hydrogen-bond donors (Lipinski definition) is 0. The molecule has 0 aliphatic rings. The third-order valence-corrected chi connectivity index (χ3v) is 8.24. The molecule has 0 aromatic heterocycles. The van der Waals surface area contributed by atoms with E-state index in [4.69, 9.17) is 13.6 Å². The molecule has 0 aliphatic carbocycles. The highest BCUT2D eigenvalue weighted by Crippen LogP contribution is 2.20. The van der Waals surface area contributed by atoms with Gasteiger partial charge in [-0.2, -0.15) is 0 Å². The van der Waals surface area contributed by atoms with E-state index in [2.05, 4.69) is 0 Å². The van der Waals surface area contributed by atoms with Gasteiger partial charge in [0, 0.05) is 13.2 Å². The van der Waals surface area contributed by atoms with Gasteiger partial charge in [0.1, 0.15) is 5.75 Å². The molecule has 0 saturated heterocycles. The maximum Gasteiger partial charge on any atom is 0.334 e. The van der Waals surface area contributed by atoms with Crippen LogP contribution in [0.25, 0.3) is 0 Å². The highest BCUT2D eigenvalue weighted by Gasteiger charge is 2.31.